The van der Waals surface area contributed by atoms with Crippen molar-refractivity contribution in [1.29, 1.82) is 0 Å². The molecule has 2 aromatic rings. The average Bonchev–Trinajstić information content (AvgIpc) is 3.62. The van der Waals surface area contributed by atoms with Gasteiger partial charge in [-0.25, -0.2) is 19.0 Å². The zero-order valence-electron chi connectivity index (χ0n) is 25.5. The third-order valence-electron chi connectivity index (χ3n) is 8.45. The number of benzene rings is 1. The second-order valence-electron chi connectivity index (χ2n) is 12.1. The lowest BCUT2D eigenvalue weighted by molar-refractivity contribution is -0.150. The van der Waals surface area contributed by atoms with Crippen LogP contribution in [0.15, 0.2) is 45.9 Å². The lowest BCUT2D eigenvalue weighted by Crippen LogP contribution is -2.62. The van der Waals surface area contributed by atoms with Gasteiger partial charge in [0, 0.05) is 53.9 Å². The van der Waals surface area contributed by atoms with Crippen LogP contribution in [0.3, 0.4) is 0 Å². The number of thiazole rings is 1. The smallest absolute Gasteiger partial charge is 0.336 e. The Morgan fingerprint density at radius 2 is 1.93 bits per heavy atom. The number of piperazine rings is 1. The van der Waals surface area contributed by atoms with Crippen LogP contribution in [0.4, 0.5) is 9.18 Å². The van der Waals surface area contributed by atoms with E-state index in [1.807, 2.05) is 31.1 Å². The molecule has 2 saturated heterocycles. The number of urea groups is 1. The van der Waals surface area contributed by atoms with E-state index in [-0.39, 0.29) is 17.6 Å². The molecule has 0 bridgehead atoms. The second kappa shape index (κ2) is 12.9. The van der Waals surface area contributed by atoms with Crippen LogP contribution in [0.5, 0.6) is 0 Å². The fourth-order valence-corrected chi connectivity index (χ4v) is 7.24. The van der Waals surface area contributed by atoms with Crippen molar-refractivity contribution in [3.8, 4) is 0 Å². The Hall–Kier alpha value is -3.35. The molecule has 3 atom stereocenters. The van der Waals surface area contributed by atoms with E-state index in [0.29, 0.717) is 50.0 Å². The normalized spacial score (nSPS) is 24.8. The Balaban J connectivity index is 1.61. The molecule has 0 N–H and O–H groups in total. The van der Waals surface area contributed by atoms with Crippen LogP contribution >= 0.6 is 22.9 Å². The summed E-state index contributed by atoms with van der Waals surface area (Å²) in [5.74, 6) is -1.54. The number of aliphatic imine (C=N–C) groups is 1. The number of hydrogen-bond donors (Lipinski definition) is 0. The van der Waals surface area contributed by atoms with Gasteiger partial charge in [-0.05, 0) is 57.7 Å². The van der Waals surface area contributed by atoms with E-state index in [4.69, 9.17) is 26.1 Å². The number of rotatable bonds is 6. The van der Waals surface area contributed by atoms with Crippen LogP contribution in [0.25, 0.3) is 0 Å². The maximum atomic E-state index is 14.1. The van der Waals surface area contributed by atoms with Crippen molar-refractivity contribution in [3.05, 3.63) is 62.3 Å². The first-order valence-electron chi connectivity index (χ1n) is 14.6. The largest absolute Gasteiger partial charge is 0.468 e. The molecule has 2 fully saturated rings. The van der Waals surface area contributed by atoms with E-state index in [2.05, 4.69) is 4.98 Å². The molecule has 1 aromatic heterocycles. The number of amides is 2. The molecule has 13 heteroatoms. The van der Waals surface area contributed by atoms with Crippen molar-refractivity contribution < 1.29 is 28.2 Å². The molecule has 10 nitrogen and oxygen atoms in total. The van der Waals surface area contributed by atoms with Crippen LogP contribution in [0.2, 0.25) is 5.02 Å². The SMILES string of the molecule is COC(=O)/C1=C(\CN2CCN3C(=O)N(C(C)(C)C)C[C@@H]3[C@H]2C(=O)OC)CCCC(c2nccs2)=N[C@H]1c1ccc(F)cc1Cl. The summed E-state index contributed by atoms with van der Waals surface area (Å²) in [5, 5.41) is 2.73. The molecular weight excluding hydrogens is 609 g/mol. The standard InChI is InChI=1S/C31H37ClFN5O5S/c1-31(2,3)38-17-23-26(29(40)43-5)36(12-13-37(23)30(38)41)16-18-7-6-8-22(27-34-11-14-44-27)35-25(24(18)28(39)42-4)20-10-9-19(33)15-21(20)32/h9-11,14-15,23,25-26H,6-8,12-13,16-17H2,1-5H3/b24-18-,35-22?/t23-,25+,26+/m1/s1. The van der Waals surface area contributed by atoms with Crippen LogP contribution in [-0.2, 0) is 19.1 Å². The Kier molecular flexibility index (Phi) is 9.43. The van der Waals surface area contributed by atoms with Crippen molar-refractivity contribution in [3.63, 3.8) is 0 Å². The summed E-state index contributed by atoms with van der Waals surface area (Å²) in [5.41, 5.74) is 1.79. The highest BCUT2D eigenvalue weighted by Gasteiger charge is 2.52. The number of esters is 2. The number of hydrogen-bond acceptors (Lipinski definition) is 9. The third-order valence-corrected chi connectivity index (χ3v) is 9.60. The van der Waals surface area contributed by atoms with E-state index in [1.54, 1.807) is 16.0 Å². The van der Waals surface area contributed by atoms with Crippen molar-refractivity contribution in [2.75, 3.05) is 40.4 Å². The number of carbonyl (C=O) groups excluding carboxylic acids is 3. The van der Waals surface area contributed by atoms with Gasteiger partial charge in [0.05, 0.1) is 31.5 Å². The molecular formula is C31H37ClFN5O5S. The quantitative estimate of drug-likeness (QED) is 0.413. The van der Waals surface area contributed by atoms with Gasteiger partial charge >= 0.3 is 18.0 Å². The van der Waals surface area contributed by atoms with Crippen molar-refractivity contribution >= 4 is 46.6 Å². The highest BCUT2D eigenvalue weighted by Crippen LogP contribution is 2.39. The van der Waals surface area contributed by atoms with E-state index < -0.39 is 41.4 Å². The summed E-state index contributed by atoms with van der Waals surface area (Å²) in [6.07, 6.45) is 3.47. The Labute approximate surface area is 265 Å². The summed E-state index contributed by atoms with van der Waals surface area (Å²) < 4.78 is 24.7. The van der Waals surface area contributed by atoms with Crippen LogP contribution in [0, 0.1) is 5.82 Å². The summed E-state index contributed by atoms with van der Waals surface area (Å²) in [6.45, 7) is 7.34. The first-order chi connectivity index (χ1) is 20.9. The second-order valence-corrected chi connectivity index (χ2v) is 13.4. The Morgan fingerprint density at radius 3 is 2.57 bits per heavy atom. The van der Waals surface area contributed by atoms with Crippen LogP contribution < -0.4 is 0 Å². The molecule has 0 radical (unpaired) electrons. The molecule has 2 amide bonds. The minimum Gasteiger partial charge on any atom is -0.468 e. The van der Waals surface area contributed by atoms with Gasteiger partial charge in [0.2, 0.25) is 0 Å². The third kappa shape index (κ3) is 6.25. The molecule has 236 valence electrons. The Morgan fingerprint density at radius 1 is 1.16 bits per heavy atom. The first-order valence-corrected chi connectivity index (χ1v) is 15.8. The van der Waals surface area contributed by atoms with E-state index >= 15 is 0 Å². The number of aromatic nitrogens is 1. The van der Waals surface area contributed by atoms with Crippen molar-refractivity contribution in [1.82, 2.24) is 19.7 Å². The van der Waals surface area contributed by atoms with Gasteiger partial charge in [0.15, 0.2) is 0 Å². The summed E-state index contributed by atoms with van der Waals surface area (Å²) in [7, 11) is 2.65. The molecule has 3 aliphatic heterocycles. The minimum atomic E-state index is -0.896. The van der Waals surface area contributed by atoms with Gasteiger partial charge in [-0.2, -0.15) is 0 Å². The zero-order valence-corrected chi connectivity index (χ0v) is 27.1. The Bertz CT molecular complexity index is 1490. The molecule has 1 aromatic carbocycles. The first kappa shape index (κ1) is 32.1. The summed E-state index contributed by atoms with van der Waals surface area (Å²) in [6, 6.07) is 1.86. The number of methoxy groups -OCH3 is 2. The van der Waals surface area contributed by atoms with Gasteiger partial charge in [0.25, 0.3) is 0 Å². The minimum absolute atomic E-state index is 0.105. The maximum absolute atomic E-state index is 14.1. The summed E-state index contributed by atoms with van der Waals surface area (Å²) in [4.78, 5) is 55.3. The summed E-state index contributed by atoms with van der Waals surface area (Å²) >= 11 is 8.03. The molecule has 0 saturated carbocycles. The van der Waals surface area contributed by atoms with Gasteiger partial charge in [0.1, 0.15) is 22.9 Å². The monoisotopic (exact) mass is 645 g/mol. The lowest BCUT2D eigenvalue weighted by Gasteiger charge is -2.42. The van der Waals surface area contributed by atoms with E-state index in [9.17, 15) is 18.8 Å². The lowest BCUT2D eigenvalue weighted by atomic mass is 9.89. The van der Waals surface area contributed by atoms with Gasteiger partial charge < -0.3 is 19.3 Å². The number of fused-ring (bicyclic) bond motifs is 1. The van der Waals surface area contributed by atoms with E-state index in [1.165, 1.54) is 43.8 Å². The zero-order chi connectivity index (χ0) is 31.8. The molecule has 0 unspecified atom stereocenters. The molecule has 0 spiro atoms. The molecule has 0 aliphatic carbocycles. The number of halogens is 2. The van der Waals surface area contributed by atoms with Crippen LogP contribution in [0.1, 0.15) is 56.6 Å². The fraction of sp³-hybridized carbons (Fsp3) is 0.516. The fourth-order valence-electron chi connectivity index (χ4n) is 6.31. The van der Waals surface area contributed by atoms with Crippen molar-refractivity contribution in [2.24, 2.45) is 4.99 Å². The number of ether oxygens (including phenoxy) is 2. The van der Waals surface area contributed by atoms with Gasteiger partial charge in [-0.3, -0.25) is 14.7 Å². The topological polar surface area (TPSA) is 105 Å². The predicted octanol–water partition coefficient (Wildman–Crippen LogP) is 4.88. The van der Waals surface area contributed by atoms with Crippen molar-refractivity contribution in [2.45, 2.75) is 63.7 Å². The van der Waals surface area contributed by atoms with Crippen LogP contribution in [-0.4, -0.2) is 101 Å². The molecule has 3 aliphatic rings. The highest BCUT2D eigenvalue weighted by molar-refractivity contribution is 7.11. The molecule has 4 heterocycles. The highest BCUT2D eigenvalue weighted by atomic mass is 35.5. The molecule has 5 rings (SSSR count). The van der Waals surface area contributed by atoms with Gasteiger partial charge in [-0.1, -0.05) is 17.7 Å². The number of carbonyl (C=O) groups is 3. The average molecular weight is 646 g/mol. The number of nitrogens with zero attached hydrogens (tertiary/aromatic N) is 5. The molecule has 44 heavy (non-hydrogen) atoms. The predicted molar refractivity (Wildman–Crippen MR) is 165 cm³/mol. The van der Waals surface area contributed by atoms with E-state index in [0.717, 1.165) is 16.3 Å². The maximum Gasteiger partial charge on any atom is 0.336 e. The van der Waals surface area contributed by atoms with Gasteiger partial charge in [-0.15, -0.1) is 11.3 Å².